The zero-order chi connectivity index (χ0) is 25.2. The van der Waals surface area contributed by atoms with E-state index in [9.17, 15) is 9.65 Å². The normalized spacial score (nSPS) is 19.1. The number of nitrogens with zero attached hydrogens (tertiary/aromatic N) is 7. The molecule has 3 aromatic rings. The number of rotatable bonds is 4. The van der Waals surface area contributed by atoms with Gasteiger partial charge in [0.15, 0.2) is 17.4 Å². The molecule has 0 atom stereocenters. The smallest absolute Gasteiger partial charge is 0.183 e. The number of benzene rings is 1. The molecule has 2 aromatic heterocycles. The summed E-state index contributed by atoms with van der Waals surface area (Å²) in [4.78, 5) is 8.53. The summed E-state index contributed by atoms with van der Waals surface area (Å²) in [5.41, 5.74) is 1.65. The van der Waals surface area contributed by atoms with Gasteiger partial charge in [0.2, 0.25) is 0 Å². The Kier molecular flexibility index (Phi) is 5.25. The fourth-order valence-corrected chi connectivity index (χ4v) is 6.04. The van der Waals surface area contributed by atoms with Gasteiger partial charge in [0.1, 0.15) is 17.2 Å². The summed E-state index contributed by atoms with van der Waals surface area (Å²) in [6.45, 7) is 6.74. The number of anilines is 1. The topological polar surface area (TPSA) is 83.1 Å². The van der Waals surface area contributed by atoms with E-state index < -0.39 is 11.4 Å². The highest BCUT2D eigenvalue weighted by atomic mass is 35.5. The summed E-state index contributed by atoms with van der Waals surface area (Å²) < 4.78 is 21.0. The van der Waals surface area contributed by atoms with Crippen LogP contribution in [0.5, 0.6) is 5.75 Å². The summed E-state index contributed by atoms with van der Waals surface area (Å²) >= 11 is 6.36. The molecule has 1 saturated carbocycles. The van der Waals surface area contributed by atoms with Gasteiger partial charge in [-0.1, -0.05) is 11.6 Å². The summed E-state index contributed by atoms with van der Waals surface area (Å²) in [7, 11) is 1.46. The van der Waals surface area contributed by atoms with Gasteiger partial charge in [-0.2, -0.15) is 5.26 Å². The number of aromatic nitrogens is 4. The summed E-state index contributed by atoms with van der Waals surface area (Å²) in [5.74, 6) is 2.61. The van der Waals surface area contributed by atoms with Crippen LogP contribution < -0.4 is 9.64 Å². The van der Waals surface area contributed by atoms with Gasteiger partial charge in [-0.15, -0.1) is 10.2 Å². The van der Waals surface area contributed by atoms with E-state index in [1.54, 1.807) is 6.07 Å². The molecule has 8 nitrogen and oxygen atoms in total. The molecule has 1 aliphatic carbocycles. The Bertz CT molecular complexity index is 1380. The number of halogens is 2. The molecule has 6 rings (SSSR count). The van der Waals surface area contributed by atoms with Crippen molar-refractivity contribution in [2.24, 2.45) is 5.41 Å². The molecule has 0 unspecified atom stereocenters. The molecule has 1 spiro atoms. The van der Waals surface area contributed by atoms with Crippen molar-refractivity contribution >= 4 is 17.4 Å². The molecular formula is C26H27ClFN7O. The van der Waals surface area contributed by atoms with Gasteiger partial charge in [-0.05, 0) is 50.5 Å². The molecule has 1 saturated heterocycles. The van der Waals surface area contributed by atoms with Gasteiger partial charge in [-0.25, -0.2) is 9.37 Å². The summed E-state index contributed by atoms with van der Waals surface area (Å²) in [6, 6.07) is 9.99. The fraction of sp³-hybridized carbons (Fsp3) is 0.462. The number of hydrogen-bond donors (Lipinski definition) is 0. The standard InChI is InChI=1S/C26H27ClFN7O/c1-25(2,13-29)34-11-16-6-18(27)4-5-20(16)35-23(12-34)31-32-24(35)17-8-26(9-17)14-33(15-26)22-7-21(36-3)19(28)10-30-22/h4-7,10,17H,8-9,11-12,14-15H2,1-3H3. The van der Waals surface area contributed by atoms with Gasteiger partial charge < -0.3 is 9.64 Å². The summed E-state index contributed by atoms with van der Waals surface area (Å²) in [5, 5.41) is 19.7. The minimum absolute atomic E-state index is 0.211. The molecule has 0 amide bonds. The molecule has 186 valence electrons. The highest BCUT2D eigenvalue weighted by molar-refractivity contribution is 6.30. The lowest BCUT2D eigenvalue weighted by molar-refractivity contribution is 0.0581. The molecule has 3 aliphatic rings. The van der Waals surface area contributed by atoms with Gasteiger partial charge in [0.25, 0.3) is 0 Å². The lowest BCUT2D eigenvalue weighted by Crippen LogP contribution is -2.62. The van der Waals surface area contributed by atoms with E-state index in [-0.39, 0.29) is 11.2 Å². The van der Waals surface area contributed by atoms with Crippen molar-refractivity contribution in [3.63, 3.8) is 0 Å². The first-order valence-electron chi connectivity index (χ1n) is 12.1. The van der Waals surface area contributed by atoms with Gasteiger partial charge in [0, 0.05) is 42.1 Å². The van der Waals surface area contributed by atoms with E-state index in [4.69, 9.17) is 16.3 Å². The first-order chi connectivity index (χ1) is 17.2. The minimum Gasteiger partial charge on any atom is -0.493 e. The van der Waals surface area contributed by atoms with Crippen LogP contribution in [0.2, 0.25) is 5.02 Å². The van der Waals surface area contributed by atoms with Crippen LogP contribution in [0.1, 0.15) is 49.8 Å². The average molecular weight is 508 g/mol. The zero-order valence-electron chi connectivity index (χ0n) is 20.5. The predicted molar refractivity (Wildman–Crippen MR) is 133 cm³/mol. The second-order valence-corrected chi connectivity index (χ2v) is 11.2. The summed E-state index contributed by atoms with van der Waals surface area (Å²) in [6.07, 6.45) is 3.24. The van der Waals surface area contributed by atoms with Gasteiger partial charge in [0.05, 0.1) is 31.6 Å². The average Bonchev–Trinajstić information content (AvgIpc) is 3.12. The third-order valence-electron chi connectivity index (χ3n) is 7.92. The molecule has 0 radical (unpaired) electrons. The first-order valence-corrected chi connectivity index (χ1v) is 12.4. The number of ether oxygens (including phenoxy) is 1. The maximum absolute atomic E-state index is 13.7. The molecule has 10 heteroatoms. The van der Waals surface area contributed by atoms with Crippen molar-refractivity contribution in [3.8, 4) is 17.5 Å². The molecule has 0 bridgehead atoms. The molecular weight excluding hydrogens is 481 g/mol. The SMILES string of the molecule is COc1cc(N2CC3(CC(c4nnc5n4-c4ccc(Cl)cc4CN(C(C)(C)C#N)C5)C3)C2)ncc1F. The lowest BCUT2D eigenvalue weighted by atomic mass is 9.57. The highest BCUT2D eigenvalue weighted by Crippen LogP contribution is 2.56. The van der Waals surface area contributed by atoms with Crippen LogP contribution in [0.4, 0.5) is 10.2 Å². The number of fused-ring (bicyclic) bond motifs is 3. The lowest BCUT2D eigenvalue weighted by Gasteiger charge is -2.59. The van der Waals surface area contributed by atoms with Gasteiger partial charge >= 0.3 is 0 Å². The number of hydrogen-bond acceptors (Lipinski definition) is 7. The van der Waals surface area contributed by atoms with Crippen LogP contribution in [0.15, 0.2) is 30.5 Å². The predicted octanol–water partition coefficient (Wildman–Crippen LogP) is 4.47. The number of nitriles is 1. The Balaban J connectivity index is 1.24. The van der Waals surface area contributed by atoms with Crippen LogP contribution in [-0.2, 0) is 13.1 Å². The van der Waals surface area contributed by atoms with Crippen molar-refractivity contribution in [1.82, 2.24) is 24.6 Å². The van der Waals surface area contributed by atoms with E-state index in [2.05, 4.69) is 35.6 Å². The Morgan fingerprint density at radius 1 is 1.19 bits per heavy atom. The van der Waals surface area contributed by atoms with Crippen LogP contribution in [0.25, 0.3) is 5.69 Å². The molecule has 2 aliphatic heterocycles. The molecule has 4 heterocycles. The second kappa shape index (κ2) is 8.15. The van der Waals surface area contributed by atoms with E-state index in [0.29, 0.717) is 24.0 Å². The van der Waals surface area contributed by atoms with E-state index >= 15 is 0 Å². The van der Waals surface area contributed by atoms with Crippen LogP contribution in [-0.4, -0.2) is 50.4 Å². The van der Waals surface area contributed by atoms with Gasteiger partial charge in [-0.3, -0.25) is 9.47 Å². The molecule has 0 N–H and O–H groups in total. The molecule has 2 fully saturated rings. The quantitative estimate of drug-likeness (QED) is 0.515. The van der Waals surface area contributed by atoms with Crippen molar-refractivity contribution < 1.29 is 9.13 Å². The van der Waals surface area contributed by atoms with Crippen LogP contribution in [0, 0.1) is 22.6 Å². The third kappa shape index (κ3) is 3.62. The first kappa shape index (κ1) is 23.2. The Labute approximate surface area is 214 Å². The van der Waals surface area contributed by atoms with Crippen molar-refractivity contribution in [2.45, 2.75) is 51.2 Å². The number of methoxy groups -OCH3 is 1. The van der Waals surface area contributed by atoms with Crippen molar-refractivity contribution in [3.05, 3.63) is 58.5 Å². The number of pyridine rings is 1. The van der Waals surface area contributed by atoms with E-state index in [1.807, 2.05) is 32.0 Å². The zero-order valence-corrected chi connectivity index (χ0v) is 21.3. The third-order valence-corrected chi connectivity index (χ3v) is 8.16. The van der Waals surface area contributed by atoms with E-state index in [0.717, 1.165) is 54.6 Å². The largest absolute Gasteiger partial charge is 0.493 e. The molecule has 36 heavy (non-hydrogen) atoms. The Morgan fingerprint density at radius 2 is 1.97 bits per heavy atom. The Morgan fingerprint density at radius 3 is 2.69 bits per heavy atom. The maximum Gasteiger partial charge on any atom is 0.183 e. The molecule has 1 aromatic carbocycles. The van der Waals surface area contributed by atoms with Crippen LogP contribution in [0.3, 0.4) is 0 Å². The van der Waals surface area contributed by atoms with E-state index in [1.165, 1.54) is 13.3 Å². The fourth-order valence-electron chi connectivity index (χ4n) is 5.85. The monoisotopic (exact) mass is 507 g/mol. The second-order valence-electron chi connectivity index (χ2n) is 10.7. The van der Waals surface area contributed by atoms with Crippen molar-refractivity contribution in [1.29, 1.82) is 5.26 Å². The Hall–Kier alpha value is -3.22. The maximum atomic E-state index is 13.7. The minimum atomic E-state index is -0.659. The van der Waals surface area contributed by atoms with Crippen molar-refractivity contribution in [2.75, 3.05) is 25.1 Å². The van der Waals surface area contributed by atoms with Crippen LogP contribution >= 0.6 is 11.6 Å². The highest BCUT2D eigenvalue weighted by Gasteiger charge is 2.54.